The molecule has 27 heavy (non-hydrogen) atoms. The Kier molecular flexibility index (Phi) is 5.87. The minimum Gasteiger partial charge on any atom is -0.357 e. The summed E-state index contributed by atoms with van der Waals surface area (Å²) < 4.78 is 0. The van der Waals surface area contributed by atoms with Crippen molar-refractivity contribution in [3.63, 3.8) is 0 Å². The first-order valence-corrected chi connectivity index (χ1v) is 10.4. The van der Waals surface area contributed by atoms with Crippen molar-refractivity contribution < 1.29 is 4.79 Å². The van der Waals surface area contributed by atoms with Crippen LogP contribution in [0.15, 0.2) is 36.4 Å². The Bertz CT molecular complexity index is 764. The van der Waals surface area contributed by atoms with E-state index in [-0.39, 0.29) is 11.8 Å². The lowest BCUT2D eigenvalue weighted by molar-refractivity contribution is -0.125. The molecule has 144 valence electrons. The van der Waals surface area contributed by atoms with E-state index >= 15 is 0 Å². The fraction of sp³-hybridized carbons (Fsp3) is 0.545. The Labute approximate surface area is 161 Å². The summed E-state index contributed by atoms with van der Waals surface area (Å²) in [5.41, 5.74) is 1.04. The Morgan fingerprint density at radius 1 is 1.04 bits per heavy atom. The van der Waals surface area contributed by atoms with Gasteiger partial charge < -0.3 is 15.1 Å². The number of anilines is 1. The Hall–Kier alpha value is -2.14. The Morgan fingerprint density at radius 3 is 2.63 bits per heavy atom. The lowest BCUT2D eigenvalue weighted by Crippen LogP contribution is -2.41. The van der Waals surface area contributed by atoms with Gasteiger partial charge in [0, 0.05) is 30.9 Å². The van der Waals surface area contributed by atoms with E-state index in [0.717, 1.165) is 56.8 Å². The molecule has 5 heteroatoms. The highest BCUT2D eigenvalue weighted by Crippen LogP contribution is 2.24. The predicted octanol–water partition coefficient (Wildman–Crippen LogP) is 3.05. The van der Waals surface area contributed by atoms with Gasteiger partial charge in [-0.05, 0) is 69.9 Å². The van der Waals surface area contributed by atoms with Crippen LogP contribution >= 0.6 is 0 Å². The van der Waals surface area contributed by atoms with E-state index in [2.05, 4.69) is 39.4 Å². The molecule has 1 aromatic heterocycles. The van der Waals surface area contributed by atoms with Gasteiger partial charge in [0.2, 0.25) is 5.91 Å². The number of rotatable bonds is 6. The molecular formula is C22H30N4O. The van der Waals surface area contributed by atoms with Crippen LogP contribution in [-0.2, 0) is 4.79 Å². The number of para-hydroxylation sites is 1. The van der Waals surface area contributed by atoms with Crippen LogP contribution in [0.1, 0.15) is 32.1 Å². The van der Waals surface area contributed by atoms with Crippen molar-refractivity contribution in [3.8, 4) is 0 Å². The number of pyridine rings is 1. The zero-order valence-corrected chi connectivity index (χ0v) is 16.1. The van der Waals surface area contributed by atoms with E-state index in [1.54, 1.807) is 0 Å². The van der Waals surface area contributed by atoms with Gasteiger partial charge in [0.25, 0.3) is 0 Å². The molecule has 0 spiro atoms. The maximum Gasteiger partial charge on any atom is 0.223 e. The minimum atomic E-state index is 0.147. The second-order valence-corrected chi connectivity index (χ2v) is 7.82. The van der Waals surface area contributed by atoms with Gasteiger partial charge in [-0.1, -0.05) is 18.2 Å². The maximum atomic E-state index is 12.5. The molecule has 2 saturated heterocycles. The van der Waals surface area contributed by atoms with Crippen LogP contribution in [0.25, 0.3) is 10.9 Å². The van der Waals surface area contributed by atoms with Crippen molar-refractivity contribution in [2.45, 2.75) is 32.1 Å². The van der Waals surface area contributed by atoms with Crippen LogP contribution in [0.2, 0.25) is 0 Å². The minimum absolute atomic E-state index is 0.147. The number of hydrogen-bond acceptors (Lipinski definition) is 4. The number of nitrogens with one attached hydrogen (secondary N) is 1. The molecule has 0 bridgehead atoms. The molecule has 1 aromatic carbocycles. The fourth-order valence-electron chi connectivity index (χ4n) is 4.27. The van der Waals surface area contributed by atoms with Gasteiger partial charge >= 0.3 is 0 Å². The largest absolute Gasteiger partial charge is 0.357 e. The molecule has 2 aromatic rings. The van der Waals surface area contributed by atoms with Crippen LogP contribution in [0.5, 0.6) is 0 Å². The molecule has 2 aliphatic rings. The number of nitrogens with zero attached hydrogens (tertiary/aromatic N) is 3. The van der Waals surface area contributed by atoms with Crippen LogP contribution in [0, 0.1) is 5.92 Å². The van der Waals surface area contributed by atoms with Crippen LogP contribution in [-0.4, -0.2) is 55.1 Å². The highest BCUT2D eigenvalue weighted by atomic mass is 16.1. The molecule has 4 rings (SSSR count). The molecule has 2 aliphatic heterocycles. The van der Waals surface area contributed by atoms with Crippen LogP contribution < -0.4 is 10.2 Å². The summed E-state index contributed by atoms with van der Waals surface area (Å²) in [6.07, 6.45) is 5.54. The molecule has 5 nitrogen and oxygen atoms in total. The molecule has 2 fully saturated rings. The lowest BCUT2D eigenvalue weighted by Gasteiger charge is -2.32. The maximum absolute atomic E-state index is 12.5. The fourth-order valence-corrected chi connectivity index (χ4v) is 4.27. The predicted molar refractivity (Wildman–Crippen MR) is 110 cm³/mol. The summed E-state index contributed by atoms with van der Waals surface area (Å²) in [5.74, 6) is 1.41. The molecular weight excluding hydrogens is 336 g/mol. The average Bonchev–Trinajstić information content (AvgIpc) is 3.24. The van der Waals surface area contributed by atoms with E-state index in [1.807, 2.05) is 12.1 Å². The molecule has 3 heterocycles. The third-order valence-electron chi connectivity index (χ3n) is 5.92. The van der Waals surface area contributed by atoms with Crippen molar-refractivity contribution in [1.29, 1.82) is 0 Å². The highest BCUT2D eigenvalue weighted by molar-refractivity contribution is 5.80. The second-order valence-electron chi connectivity index (χ2n) is 7.82. The summed E-state index contributed by atoms with van der Waals surface area (Å²) in [5, 5.41) is 4.33. The summed E-state index contributed by atoms with van der Waals surface area (Å²) in [6, 6.07) is 12.4. The number of carbonyl (C=O) groups is 1. The van der Waals surface area contributed by atoms with E-state index in [4.69, 9.17) is 4.98 Å². The van der Waals surface area contributed by atoms with Crippen LogP contribution in [0.3, 0.4) is 0 Å². The van der Waals surface area contributed by atoms with Gasteiger partial charge in [-0.15, -0.1) is 0 Å². The Balaban J connectivity index is 1.22. The molecule has 0 saturated carbocycles. The van der Waals surface area contributed by atoms with E-state index in [0.29, 0.717) is 0 Å². The average molecular weight is 367 g/mol. The number of aromatic nitrogens is 1. The number of amides is 1. The van der Waals surface area contributed by atoms with Crippen molar-refractivity contribution in [3.05, 3.63) is 36.4 Å². The first-order valence-electron chi connectivity index (χ1n) is 10.4. The summed E-state index contributed by atoms with van der Waals surface area (Å²) in [7, 11) is 0. The third kappa shape index (κ3) is 4.59. The number of piperidine rings is 1. The summed E-state index contributed by atoms with van der Waals surface area (Å²) in [4.78, 5) is 22.1. The molecule has 1 amide bonds. The molecule has 0 radical (unpaired) electrons. The van der Waals surface area contributed by atoms with Gasteiger partial charge in [-0.2, -0.15) is 0 Å². The lowest BCUT2D eigenvalue weighted by atomic mass is 9.96. The summed E-state index contributed by atoms with van der Waals surface area (Å²) in [6.45, 7) is 6.19. The zero-order valence-electron chi connectivity index (χ0n) is 16.1. The van der Waals surface area contributed by atoms with Gasteiger partial charge in [0.1, 0.15) is 5.82 Å². The topological polar surface area (TPSA) is 48.5 Å². The normalized spacial score (nSPS) is 18.9. The highest BCUT2D eigenvalue weighted by Gasteiger charge is 2.25. The van der Waals surface area contributed by atoms with Gasteiger partial charge in [0.05, 0.1) is 5.52 Å². The second kappa shape index (κ2) is 8.70. The SMILES string of the molecule is O=C(NCCCN1CCCC1)C1CCN(c2ccc3ccccc3n2)CC1. The number of fused-ring (bicyclic) bond motifs is 1. The van der Waals surface area contributed by atoms with Gasteiger partial charge in [-0.3, -0.25) is 4.79 Å². The zero-order chi connectivity index (χ0) is 18.5. The van der Waals surface area contributed by atoms with E-state index in [1.165, 1.54) is 31.3 Å². The Morgan fingerprint density at radius 2 is 1.81 bits per heavy atom. The number of likely N-dealkylation sites (tertiary alicyclic amines) is 1. The van der Waals surface area contributed by atoms with Gasteiger partial charge in [0.15, 0.2) is 0 Å². The number of hydrogen-bond donors (Lipinski definition) is 1. The van der Waals surface area contributed by atoms with E-state index in [9.17, 15) is 4.79 Å². The van der Waals surface area contributed by atoms with Crippen molar-refractivity contribution >= 4 is 22.6 Å². The molecule has 0 atom stereocenters. The summed E-state index contributed by atoms with van der Waals surface area (Å²) >= 11 is 0. The quantitative estimate of drug-likeness (QED) is 0.799. The van der Waals surface area contributed by atoms with Crippen molar-refractivity contribution in [1.82, 2.24) is 15.2 Å². The monoisotopic (exact) mass is 366 g/mol. The van der Waals surface area contributed by atoms with E-state index < -0.39 is 0 Å². The third-order valence-corrected chi connectivity index (χ3v) is 5.92. The van der Waals surface area contributed by atoms with Crippen molar-refractivity contribution in [2.75, 3.05) is 44.2 Å². The molecule has 1 N–H and O–H groups in total. The number of carbonyl (C=O) groups excluding carboxylic acids is 1. The smallest absolute Gasteiger partial charge is 0.223 e. The first-order chi connectivity index (χ1) is 13.3. The first kappa shape index (κ1) is 18.2. The van der Waals surface area contributed by atoms with Crippen LogP contribution in [0.4, 0.5) is 5.82 Å². The standard InChI is InChI=1S/C22H30N4O/c27-22(23-12-5-15-25-13-3-4-14-25)19-10-16-26(17-11-19)21-9-8-18-6-1-2-7-20(18)24-21/h1-2,6-9,19H,3-5,10-17H2,(H,23,27). The van der Waals surface area contributed by atoms with Crippen molar-refractivity contribution in [2.24, 2.45) is 5.92 Å². The van der Waals surface area contributed by atoms with Gasteiger partial charge in [-0.25, -0.2) is 4.98 Å². The number of benzene rings is 1. The molecule has 0 aliphatic carbocycles. The molecule has 0 unspecified atom stereocenters.